The molecule has 1 atom stereocenters. The molecule has 2 aliphatic rings. The average molecular weight is 359 g/mol. The van der Waals surface area contributed by atoms with Gasteiger partial charge in [0.15, 0.2) is 0 Å². The van der Waals surface area contributed by atoms with E-state index in [0.29, 0.717) is 0 Å². The molecule has 3 rings (SSSR count). The van der Waals surface area contributed by atoms with Crippen LogP contribution in [0.2, 0.25) is 0 Å². The first-order chi connectivity index (χ1) is 12.3. The number of carboxylic acid groups (broad SMARTS) is 1. The van der Waals surface area contributed by atoms with Crippen LogP contribution in [0.3, 0.4) is 0 Å². The number of carbonyl (C=O) groups is 3. The summed E-state index contributed by atoms with van der Waals surface area (Å²) in [6.45, 7) is 5.24. The van der Waals surface area contributed by atoms with Crippen LogP contribution in [-0.2, 0) is 14.4 Å². The van der Waals surface area contributed by atoms with Crippen LogP contribution in [0.15, 0.2) is 24.3 Å². The van der Waals surface area contributed by atoms with Crippen LogP contribution < -0.4 is 15.1 Å². The molecule has 0 bridgehead atoms. The molecule has 2 aliphatic heterocycles. The second kappa shape index (κ2) is 6.97. The Kier molecular flexibility index (Phi) is 4.89. The average Bonchev–Trinajstić information content (AvgIpc) is 3.24. The number of carbonyl (C=O) groups excluding carboxylic acids is 2. The molecule has 0 spiro atoms. The third kappa shape index (κ3) is 3.66. The van der Waals surface area contributed by atoms with Crippen LogP contribution in [-0.4, -0.2) is 48.1 Å². The first kappa shape index (κ1) is 18.2. The number of anilines is 2. The Morgan fingerprint density at radius 3 is 2.27 bits per heavy atom. The van der Waals surface area contributed by atoms with Gasteiger partial charge in [0.05, 0.1) is 5.92 Å². The molecule has 1 aromatic rings. The molecule has 1 aromatic carbocycles. The van der Waals surface area contributed by atoms with Crippen molar-refractivity contribution in [3.05, 3.63) is 24.3 Å². The van der Waals surface area contributed by atoms with Gasteiger partial charge in [-0.05, 0) is 51.0 Å². The van der Waals surface area contributed by atoms with Crippen LogP contribution in [0.5, 0.6) is 0 Å². The Balaban J connectivity index is 1.66. The molecule has 0 aromatic heterocycles. The third-order valence-corrected chi connectivity index (χ3v) is 5.10. The van der Waals surface area contributed by atoms with Gasteiger partial charge in [0, 0.05) is 37.4 Å². The van der Waals surface area contributed by atoms with E-state index in [1.165, 1.54) is 26.7 Å². The molecule has 140 valence electrons. The number of nitrogens with one attached hydrogen (secondary N) is 1. The zero-order valence-electron chi connectivity index (χ0n) is 15.2. The summed E-state index contributed by atoms with van der Waals surface area (Å²) in [5, 5.41) is 11.6. The highest BCUT2D eigenvalue weighted by Crippen LogP contribution is 2.28. The SMILES string of the molecule is CC(C)(NC(=O)C1CC(=O)N(c2ccc(N3CCCC3)cc2)C1)C(=O)O. The Hall–Kier alpha value is -2.57. The van der Waals surface area contributed by atoms with Crippen molar-refractivity contribution in [3.63, 3.8) is 0 Å². The monoisotopic (exact) mass is 359 g/mol. The lowest BCUT2D eigenvalue weighted by atomic mass is 10.0. The molecule has 7 nitrogen and oxygen atoms in total. The molecule has 2 heterocycles. The molecule has 2 N–H and O–H groups in total. The molecule has 7 heteroatoms. The number of aliphatic carboxylic acids is 1. The van der Waals surface area contributed by atoms with Gasteiger partial charge in [0.2, 0.25) is 11.8 Å². The van der Waals surface area contributed by atoms with Gasteiger partial charge in [0.1, 0.15) is 5.54 Å². The van der Waals surface area contributed by atoms with Crippen molar-refractivity contribution in [2.75, 3.05) is 29.4 Å². The predicted octanol–water partition coefficient (Wildman–Crippen LogP) is 1.62. The second-order valence-electron chi connectivity index (χ2n) is 7.54. The minimum atomic E-state index is -1.36. The number of rotatable bonds is 5. The lowest BCUT2D eigenvalue weighted by Gasteiger charge is -2.23. The van der Waals surface area contributed by atoms with E-state index >= 15 is 0 Å². The maximum absolute atomic E-state index is 12.4. The van der Waals surface area contributed by atoms with Gasteiger partial charge in [0.25, 0.3) is 0 Å². The van der Waals surface area contributed by atoms with Crippen molar-refractivity contribution in [2.45, 2.75) is 38.6 Å². The van der Waals surface area contributed by atoms with Crippen molar-refractivity contribution in [2.24, 2.45) is 5.92 Å². The second-order valence-corrected chi connectivity index (χ2v) is 7.54. The van der Waals surface area contributed by atoms with Crippen molar-refractivity contribution >= 4 is 29.2 Å². The summed E-state index contributed by atoms with van der Waals surface area (Å²) in [6.07, 6.45) is 2.50. The Morgan fingerprint density at radius 2 is 1.69 bits per heavy atom. The van der Waals surface area contributed by atoms with E-state index in [-0.39, 0.29) is 18.9 Å². The summed E-state index contributed by atoms with van der Waals surface area (Å²) in [5.41, 5.74) is 0.561. The number of hydrogen-bond acceptors (Lipinski definition) is 4. The zero-order valence-corrected chi connectivity index (χ0v) is 15.2. The number of amides is 2. The molecular formula is C19H25N3O4. The minimum Gasteiger partial charge on any atom is -0.480 e. The molecule has 2 amide bonds. The molecule has 1 unspecified atom stereocenters. The minimum absolute atomic E-state index is 0.0927. The van der Waals surface area contributed by atoms with Crippen LogP contribution in [0, 0.1) is 5.92 Å². The smallest absolute Gasteiger partial charge is 0.328 e. The molecular weight excluding hydrogens is 334 g/mol. The zero-order chi connectivity index (χ0) is 18.9. The predicted molar refractivity (Wildman–Crippen MR) is 98.2 cm³/mol. The summed E-state index contributed by atoms with van der Waals surface area (Å²) in [5.74, 6) is -2.17. The van der Waals surface area contributed by atoms with E-state index in [9.17, 15) is 14.4 Å². The first-order valence-corrected chi connectivity index (χ1v) is 8.99. The summed E-state index contributed by atoms with van der Waals surface area (Å²) >= 11 is 0. The van der Waals surface area contributed by atoms with Gasteiger partial charge in [-0.3, -0.25) is 9.59 Å². The topological polar surface area (TPSA) is 90.0 Å². The van der Waals surface area contributed by atoms with Gasteiger partial charge in [-0.2, -0.15) is 0 Å². The lowest BCUT2D eigenvalue weighted by molar-refractivity contribution is -0.146. The fraction of sp³-hybridized carbons (Fsp3) is 0.526. The molecule has 26 heavy (non-hydrogen) atoms. The molecule has 0 saturated carbocycles. The Labute approximate surface area is 153 Å². The molecule has 0 radical (unpaired) electrons. The Morgan fingerprint density at radius 1 is 1.12 bits per heavy atom. The first-order valence-electron chi connectivity index (χ1n) is 8.99. The summed E-state index contributed by atoms with van der Waals surface area (Å²) < 4.78 is 0. The van der Waals surface area contributed by atoms with E-state index in [4.69, 9.17) is 5.11 Å². The van der Waals surface area contributed by atoms with Gasteiger partial charge >= 0.3 is 5.97 Å². The fourth-order valence-corrected chi connectivity index (χ4v) is 3.41. The fourth-order valence-electron chi connectivity index (χ4n) is 3.41. The maximum Gasteiger partial charge on any atom is 0.328 e. The normalized spacial score (nSPS) is 20.5. The highest BCUT2D eigenvalue weighted by molar-refractivity contribution is 6.01. The largest absolute Gasteiger partial charge is 0.480 e. The van der Waals surface area contributed by atoms with Crippen LogP contribution in [0.25, 0.3) is 0 Å². The lowest BCUT2D eigenvalue weighted by Crippen LogP contribution is -2.51. The maximum atomic E-state index is 12.4. The number of nitrogens with zero attached hydrogens (tertiary/aromatic N) is 2. The quantitative estimate of drug-likeness (QED) is 0.834. The van der Waals surface area contributed by atoms with Crippen LogP contribution in [0.1, 0.15) is 33.1 Å². The Bertz CT molecular complexity index is 708. The summed E-state index contributed by atoms with van der Waals surface area (Å²) in [6, 6.07) is 7.84. The van der Waals surface area contributed by atoms with E-state index in [2.05, 4.69) is 10.2 Å². The van der Waals surface area contributed by atoms with Gasteiger partial charge in [-0.1, -0.05) is 0 Å². The number of carboxylic acids is 1. The highest BCUT2D eigenvalue weighted by Gasteiger charge is 2.38. The highest BCUT2D eigenvalue weighted by atomic mass is 16.4. The van der Waals surface area contributed by atoms with Crippen molar-refractivity contribution in [3.8, 4) is 0 Å². The molecule has 2 fully saturated rings. The molecule has 0 aliphatic carbocycles. The van der Waals surface area contributed by atoms with Crippen molar-refractivity contribution in [1.82, 2.24) is 5.32 Å². The van der Waals surface area contributed by atoms with Crippen LogP contribution >= 0.6 is 0 Å². The van der Waals surface area contributed by atoms with E-state index < -0.39 is 23.3 Å². The van der Waals surface area contributed by atoms with Crippen molar-refractivity contribution in [1.29, 1.82) is 0 Å². The van der Waals surface area contributed by atoms with Gasteiger partial charge < -0.3 is 20.2 Å². The number of hydrogen-bond donors (Lipinski definition) is 2. The summed E-state index contributed by atoms with van der Waals surface area (Å²) in [7, 11) is 0. The number of benzene rings is 1. The van der Waals surface area contributed by atoms with E-state index in [0.717, 1.165) is 24.5 Å². The van der Waals surface area contributed by atoms with Gasteiger partial charge in [-0.25, -0.2) is 4.79 Å². The van der Waals surface area contributed by atoms with E-state index in [1.807, 2.05) is 24.3 Å². The standard InChI is InChI=1S/C19H25N3O4/c1-19(2,18(25)26)20-17(24)13-11-16(23)22(12-13)15-7-5-14(6-8-15)21-9-3-4-10-21/h5-8,13H,3-4,9-12H2,1-2H3,(H,20,24)(H,25,26). The molecule has 2 saturated heterocycles. The summed E-state index contributed by atoms with van der Waals surface area (Å²) in [4.78, 5) is 39.8. The van der Waals surface area contributed by atoms with E-state index in [1.54, 1.807) is 4.90 Å². The third-order valence-electron chi connectivity index (χ3n) is 5.10. The van der Waals surface area contributed by atoms with Gasteiger partial charge in [-0.15, -0.1) is 0 Å². The van der Waals surface area contributed by atoms with Crippen LogP contribution in [0.4, 0.5) is 11.4 Å². The van der Waals surface area contributed by atoms with Crippen molar-refractivity contribution < 1.29 is 19.5 Å².